The Morgan fingerprint density at radius 3 is 2.47 bits per heavy atom. The zero-order chi connectivity index (χ0) is 12.6. The van der Waals surface area contributed by atoms with Crippen molar-refractivity contribution in [3.63, 3.8) is 0 Å². The van der Waals surface area contributed by atoms with Crippen LogP contribution < -0.4 is 10.2 Å². The molecule has 3 amide bonds. The lowest BCUT2D eigenvalue weighted by Crippen LogP contribution is -2.54. The maximum atomic E-state index is 11.8. The van der Waals surface area contributed by atoms with Crippen LogP contribution in [0.5, 0.6) is 0 Å². The molecule has 0 aliphatic carbocycles. The summed E-state index contributed by atoms with van der Waals surface area (Å²) in [4.78, 5) is 24.7. The van der Waals surface area contributed by atoms with E-state index < -0.39 is 0 Å². The van der Waals surface area contributed by atoms with E-state index in [2.05, 4.69) is 37.2 Å². The van der Waals surface area contributed by atoms with Crippen molar-refractivity contribution in [1.29, 1.82) is 0 Å². The number of amides is 3. The van der Waals surface area contributed by atoms with E-state index in [9.17, 15) is 9.59 Å². The fourth-order valence-corrected chi connectivity index (χ4v) is 3.10. The van der Waals surface area contributed by atoms with E-state index in [0.717, 1.165) is 14.6 Å². The number of imide groups is 1. The van der Waals surface area contributed by atoms with Crippen LogP contribution in [0.3, 0.4) is 0 Å². The molecule has 1 unspecified atom stereocenters. The summed E-state index contributed by atoms with van der Waals surface area (Å²) in [6.07, 6.45) is 0. The minimum absolute atomic E-state index is 0.216. The summed E-state index contributed by atoms with van der Waals surface area (Å²) in [5, 5.41) is 2.34. The van der Waals surface area contributed by atoms with Crippen molar-refractivity contribution < 1.29 is 9.59 Å². The molecule has 4 nitrogen and oxygen atoms in total. The van der Waals surface area contributed by atoms with E-state index in [0.29, 0.717) is 6.54 Å². The van der Waals surface area contributed by atoms with Gasteiger partial charge < -0.3 is 0 Å². The van der Waals surface area contributed by atoms with Gasteiger partial charge in [-0.3, -0.25) is 15.0 Å². The monoisotopic (exact) mass is 360 g/mol. The summed E-state index contributed by atoms with van der Waals surface area (Å²) >= 11 is 6.82. The first kappa shape index (κ1) is 12.6. The predicted molar refractivity (Wildman–Crippen MR) is 71.9 cm³/mol. The van der Waals surface area contributed by atoms with Crippen molar-refractivity contribution in [3.05, 3.63) is 27.1 Å². The van der Waals surface area contributed by atoms with E-state index in [1.165, 1.54) is 0 Å². The molecule has 0 radical (unpaired) electrons. The van der Waals surface area contributed by atoms with Crippen molar-refractivity contribution in [2.45, 2.75) is 6.92 Å². The Morgan fingerprint density at radius 2 is 1.88 bits per heavy atom. The lowest BCUT2D eigenvalue weighted by Gasteiger charge is -2.31. The van der Waals surface area contributed by atoms with Gasteiger partial charge in [0.25, 0.3) is 0 Å². The molecule has 0 saturated carbocycles. The highest BCUT2D eigenvalue weighted by molar-refractivity contribution is 9.11. The Labute approximate surface area is 116 Å². The minimum Gasteiger partial charge on any atom is -0.291 e. The molecule has 2 rings (SSSR count). The number of carbonyl (C=O) groups is 2. The van der Waals surface area contributed by atoms with Crippen LogP contribution in [0.25, 0.3) is 0 Å². The number of rotatable bonds is 1. The second-order valence-corrected chi connectivity index (χ2v) is 5.58. The van der Waals surface area contributed by atoms with Gasteiger partial charge in [0.1, 0.15) is 0 Å². The van der Waals surface area contributed by atoms with Gasteiger partial charge in [0.15, 0.2) is 0 Å². The average Bonchev–Trinajstić information content (AvgIpc) is 2.25. The van der Waals surface area contributed by atoms with Crippen molar-refractivity contribution >= 4 is 49.5 Å². The topological polar surface area (TPSA) is 49.4 Å². The Morgan fingerprint density at radius 1 is 1.29 bits per heavy atom. The van der Waals surface area contributed by atoms with Gasteiger partial charge >= 0.3 is 6.03 Å². The predicted octanol–water partition coefficient (Wildman–Crippen LogP) is 2.90. The van der Waals surface area contributed by atoms with Crippen molar-refractivity contribution in [2.75, 3.05) is 11.4 Å². The van der Waals surface area contributed by atoms with Crippen molar-refractivity contribution in [3.8, 4) is 0 Å². The number of anilines is 1. The molecule has 1 aliphatic heterocycles. The third-order valence-electron chi connectivity index (χ3n) is 2.59. The van der Waals surface area contributed by atoms with E-state index in [1.54, 1.807) is 11.8 Å². The van der Waals surface area contributed by atoms with Crippen LogP contribution in [0, 0.1) is 5.92 Å². The van der Waals surface area contributed by atoms with Crippen LogP contribution in [0.15, 0.2) is 27.1 Å². The molecule has 0 aromatic heterocycles. The summed E-state index contributed by atoms with van der Waals surface area (Å²) in [6.45, 7) is 2.17. The molecule has 1 N–H and O–H groups in total. The highest BCUT2D eigenvalue weighted by atomic mass is 79.9. The maximum absolute atomic E-state index is 11.8. The Bertz CT molecular complexity index is 470. The number of carbonyl (C=O) groups excluding carboxylic acids is 2. The number of hydrogen-bond donors (Lipinski definition) is 1. The molecule has 1 aliphatic rings. The molecular weight excluding hydrogens is 352 g/mol. The number of nitrogens with zero attached hydrogens (tertiary/aromatic N) is 1. The molecule has 1 saturated heterocycles. The summed E-state index contributed by atoms with van der Waals surface area (Å²) in [7, 11) is 0. The smallest absolute Gasteiger partial charge is 0.291 e. The molecule has 1 heterocycles. The highest BCUT2D eigenvalue weighted by Crippen LogP contribution is 2.35. The average molecular weight is 362 g/mol. The van der Waals surface area contributed by atoms with E-state index in [4.69, 9.17) is 0 Å². The molecule has 0 spiro atoms. The molecule has 1 aromatic carbocycles. The Balaban J connectivity index is 2.40. The zero-order valence-corrected chi connectivity index (χ0v) is 12.2. The van der Waals surface area contributed by atoms with Crippen LogP contribution >= 0.6 is 31.9 Å². The second-order valence-electron chi connectivity index (χ2n) is 3.88. The molecule has 90 valence electrons. The van der Waals surface area contributed by atoms with Gasteiger partial charge in [-0.1, -0.05) is 13.0 Å². The van der Waals surface area contributed by atoms with Gasteiger partial charge in [0.2, 0.25) is 5.91 Å². The lowest BCUT2D eigenvalue weighted by molar-refractivity contribution is -0.123. The van der Waals surface area contributed by atoms with Gasteiger partial charge in [-0.05, 0) is 44.0 Å². The normalized spacial score (nSPS) is 20.4. The molecule has 6 heteroatoms. The SMILES string of the molecule is CC1CN(c2c(Br)cccc2Br)C(=O)NC1=O. The minimum atomic E-state index is -0.388. The largest absolute Gasteiger partial charge is 0.328 e. The van der Waals surface area contributed by atoms with Crippen molar-refractivity contribution in [2.24, 2.45) is 5.92 Å². The second kappa shape index (κ2) is 4.78. The standard InChI is InChI=1S/C11H10Br2N2O2/c1-6-5-15(11(17)14-10(6)16)9-7(12)3-2-4-8(9)13/h2-4,6H,5H2,1H3,(H,14,16,17). The number of benzene rings is 1. The number of hydrogen-bond acceptors (Lipinski definition) is 2. The molecular formula is C11H10Br2N2O2. The van der Waals surface area contributed by atoms with E-state index in [1.807, 2.05) is 18.2 Å². The first-order chi connectivity index (χ1) is 8.00. The molecule has 0 bridgehead atoms. The van der Waals surface area contributed by atoms with Crippen LogP contribution in [-0.2, 0) is 4.79 Å². The number of halogens is 2. The van der Waals surface area contributed by atoms with Crippen LogP contribution in [0.4, 0.5) is 10.5 Å². The maximum Gasteiger partial charge on any atom is 0.328 e. The zero-order valence-electron chi connectivity index (χ0n) is 9.04. The third-order valence-corrected chi connectivity index (χ3v) is 3.87. The van der Waals surface area contributed by atoms with Gasteiger partial charge in [0.05, 0.1) is 11.6 Å². The Kier molecular flexibility index (Phi) is 3.53. The first-order valence-corrected chi connectivity index (χ1v) is 6.65. The first-order valence-electron chi connectivity index (χ1n) is 5.07. The van der Waals surface area contributed by atoms with Crippen LogP contribution in [0.1, 0.15) is 6.92 Å². The summed E-state index contributed by atoms with van der Waals surface area (Å²) in [5.74, 6) is -0.443. The van der Waals surface area contributed by atoms with E-state index in [-0.39, 0.29) is 17.9 Å². The number of para-hydroxylation sites is 1. The van der Waals surface area contributed by atoms with Gasteiger partial charge in [-0.25, -0.2) is 4.79 Å². The molecule has 1 atom stereocenters. The van der Waals surface area contributed by atoms with Gasteiger partial charge in [-0.2, -0.15) is 0 Å². The quantitative estimate of drug-likeness (QED) is 0.836. The highest BCUT2D eigenvalue weighted by Gasteiger charge is 2.31. The molecule has 1 aromatic rings. The third kappa shape index (κ3) is 2.37. The number of nitrogens with one attached hydrogen (secondary N) is 1. The fourth-order valence-electron chi connectivity index (χ4n) is 1.68. The lowest BCUT2D eigenvalue weighted by atomic mass is 10.1. The van der Waals surface area contributed by atoms with Crippen LogP contribution in [-0.4, -0.2) is 18.5 Å². The molecule has 17 heavy (non-hydrogen) atoms. The van der Waals surface area contributed by atoms with Gasteiger partial charge in [0, 0.05) is 15.5 Å². The molecule has 1 fully saturated rings. The summed E-state index contributed by atoms with van der Waals surface area (Å²) in [5.41, 5.74) is 0.740. The fraction of sp³-hybridized carbons (Fsp3) is 0.273. The number of urea groups is 1. The van der Waals surface area contributed by atoms with Crippen LogP contribution in [0.2, 0.25) is 0 Å². The Hall–Kier alpha value is -0.880. The van der Waals surface area contributed by atoms with Crippen molar-refractivity contribution in [1.82, 2.24) is 5.32 Å². The van der Waals surface area contributed by atoms with Gasteiger partial charge in [-0.15, -0.1) is 0 Å². The summed E-state index contributed by atoms with van der Waals surface area (Å²) < 4.78 is 1.62. The summed E-state index contributed by atoms with van der Waals surface area (Å²) in [6, 6.07) is 5.19. The van der Waals surface area contributed by atoms with E-state index >= 15 is 0 Å².